The summed E-state index contributed by atoms with van der Waals surface area (Å²) in [4.78, 5) is 30.9. The minimum absolute atomic E-state index is 0.212. The number of fused-ring (bicyclic) bond motifs is 1. The minimum atomic E-state index is -0.320. The van der Waals surface area contributed by atoms with Crippen LogP contribution in [0.5, 0.6) is 5.75 Å². The van der Waals surface area contributed by atoms with E-state index in [2.05, 4.69) is 5.32 Å². The second-order valence-corrected chi connectivity index (χ2v) is 9.43. The molecule has 1 N–H and O–H groups in total. The van der Waals surface area contributed by atoms with Crippen LogP contribution in [0.4, 0.5) is 4.39 Å². The molecule has 0 unspecified atom stereocenters. The summed E-state index contributed by atoms with van der Waals surface area (Å²) in [6.07, 6.45) is 0. The van der Waals surface area contributed by atoms with Gasteiger partial charge in [0.05, 0.1) is 23.7 Å². The zero-order valence-electron chi connectivity index (χ0n) is 19.7. The summed E-state index contributed by atoms with van der Waals surface area (Å²) in [5.41, 5.74) is 2.02. The van der Waals surface area contributed by atoms with Crippen LogP contribution in [0.3, 0.4) is 0 Å². The maximum Gasteiger partial charge on any atom is 0.266 e. The van der Waals surface area contributed by atoms with Crippen molar-refractivity contribution in [2.45, 2.75) is 24.8 Å². The van der Waals surface area contributed by atoms with Crippen LogP contribution in [0.15, 0.2) is 76.7 Å². The molecule has 0 radical (unpaired) electrons. The molecule has 0 bridgehead atoms. The van der Waals surface area contributed by atoms with Crippen molar-refractivity contribution in [1.82, 2.24) is 14.9 Å². The molecule has 35 heavy (non-hydrogen) atoms. The number of nitrogens with zero attached hydrogens (tertiary/aromatic N) is 2. The van der Waals surface area contributed by atoms with Crippen molar-refractivity contribution in [2.24, 2.45) is 5.92 Å². The first-order chi connectivity index (χ1) is 16.9. The van der Waals surface area contributed by atoms with Crippen molar-refractivity contribution in [3.63, 3.8) is 0 Å². The standard InChI is InChI=1S/C27H26FN3O3S/c1-17(2)15-29-25(32)19-7-12-23-24(14-19)30-27(35-16-18-5-4-6-20(28)13-18)31(26(23)33)21-8-10-22(34-3)11-9-21/h4-14,17H,15-16H2,1-3H3,(H,29,32). The lowest BCUT2D eigenvalue weighted by atomic mass is 10.1. The van der Waals surface area contributed by atoms with Crippen molar-refractivity contribution in [2.75, 3.05) is 13.7 Å². The van der Waals surface area contributed by atoms with Crippen LogP contribution in [0.25, 0.3) is 16.6 Å². The van der Waals surface area contributed by atoms with E-state index in [9.17, 15) is 14.0 Å². The third-order valence-corrected chi connectivity index (χ3v) is 6.37. The summed E-state index contributed by atoms with van der Waals surface area (Å²) >= 11 is 1.32. The van der Waals surface area contributed by atoms with Gasteiger partial charge >= 0.3 is 0 Å². The highest BCUT2D eigenvalue weighted by Gasteiger charge is 2.16. The quantitative estimate of drug-likeness (QED) is 0.271. The molecule has 0 spiro atoms. The SMILES string of the molecule is COc1ccc(-n2c(SCc3cccc(F)c3)nc3cc(C(=O)NCC(C)C)ccc3c2=O)cc1. The number of nitrogens with one attached hydrogen (secondary N) is 1. The molecule has 4 rings (SSSR count). The molecule has 1 aromatic heterocycles. The molecule has 6 nitrogen and oxygen atoms in total. The van der Waals surface area contributed by atoms with E-state index < -0.39 is 0 Å². The number of thioether (sulfide) groups is 1. The number of methoxy groups -OCH3 is 1. The molecule has 8 heteroatoms. The summed E-state index contributed by atoms with van der Waals surface area (Å²) < 4.78 is 20.5. The van der Waals surface area contributed by atoms with Gasteiger partial charge in [0.1, 0.15) is 11.6 Å². The molecular formula is C27H26FN3O3S. The largest absolute Gasteiger partial charge is 0.497 e. The van der Waals surface area contributed by atoms with Gasteiger partial charge in [0.25, 0.3) is 11.5 Å². The van der Waals surface area contributed by atoms with Gasteiger partial charge in [0.15, 0.2) is 5.16 Å². The zero-order valence-corrected chi connectivity index (χ0v) is 20.6. The van der Waals surface area contributed by atoms with Crippen molar-refractivity contribution >= 4 is 28.6 Å². The van der Waals surface area contributed by atoms with E-state index in [1.165, 1.54) is 28.5 Å². The number of carbonyl (C=O) groups excluding carboxylic acids is 1. The Balaban J connectivity index is 1.79. The Labute approximate surface area is 207 Å². The molecule has 0 fully saturated rings. The lowest BCUT2D eigenvalue weighted by molar-refractivity contribution is 0.0949. The van der Waals surface area contributed by atoms with Gasteiger partial charge < -0.3 is 10.1 Å². The summed E-state index contributed by atoms with van der Waals surface area (Å²) in [5, 5.41) is 3.73. The summed E-state index contributed by atoms with van der Waals surface area (Å²) in [7, 11) is 1.58. The number of carbonyl (C=O) groups is 1. The van der Waals surface area contributed by atoms with E-state index in [0.717, 1.165) is 5.56 Å². The summed E-state index contributed by atoms with van der Waals surface area (Å²) in [5.74, 6) is 0.872. The predicted molar refractivity (Wildman–Crippen MR) is 137 cm³/mol. The summed E-state index contributed by atoms with van der Waals surface area (Å²) in [6, 6.07) is 18.3. The van der Waals surface area contributed by atoms with Crippen molar-refractivity contribution in [3.05, 3.63) is 94.0 Å². The van der Waals surface area contributed by atoms with Crippen LogP contribution < -0.4 is 15.6 Å². The van der Waals surface area contributed by atoms with Gasteiger partial charge in [-0.2, -0.15) is 0 Å². The van der Waals surface area contributed by atoms with Crippen molar-refractivity contribution in [1.29, 1.82) is 0 Å². The Morgan fingerprint density at radius 1 is 1.11 bits per heavy atom. The molecule has 4 aromatic rings. The third-order valence-electron chi connectivity index (χ3n) is 5.36. The van der Waals surface area contributed by atoms with Crippen LogP contribution in [0.2, 0.25) is 0 Å². The molecule has 0 saturated carbocycles. The van der Waals surface area contributed by atoms with Crippen LogP contribution in [-0.2, 0) is 5.75 Å². The van der Waals surface area contributed by atoms with E-state index in [1.807, 2.05) is 19.9 Å². The molecule has 3 aromatic carbocycles. The number of rotatable bonds is 8. The van der Waals surface area contributed by atoms with Gasteiger partial charge in [-0.15, -0.1) is 0 Å². The number of halogens is 1. The van der Waals surface area contributed by atoms with Crippen molar-refractivity contribution in [3.8, 4) is 11.4 Å². The Morgan fingerprint density at radius 2 is 1.89 bits per heavy atom. The molecule has 180 valence electrons. The van der Waals surface area contributed by atoms with Crippen LogP contribution >= 0.6 is 11.8 Å². The lowest BCUT2D eigenvalue weighted by Crippen LogP contribution is -2.27. The number of hydrogen-bond donors (Lipinski definition) is 1. The highest BCUT2D eigenvalue weighted by Crippen LogP contribution is 2.26. The number of amides is 1. The van der Waals surface area contributed by atoms with E-state index >= 15 is 0 Å². The molecule has 0 aliphatic carbocycles. The Morgan fingerprint density at radius 3 is 2.57 bits per heavy atom. The van der Waals surface area contributed by atoms with E-state index in [1.54, 1.807) is 55.6 Å². The maximum atomic E-state index is 13.7. The number of ether oxygens (including phenoxy) is 1. The molecule has 1 amide bonds. The Hall–Kier alpha value is -3.65. The molecule has 0 atom stereocenters. The van der Waals surface area contributed by atoms with E-state index in [-0.39, 0.29) is 17.3 Å². The Bertz CT molecular complexity index is 1420. The average Bonchev–Trinajstić information content (AvgIpc) is 2.86. The third kappa shape index (κ3) is 5.71. The van der Waals surface area contributed by atoms with Crippen LogP contribution in [0.1, 0.15) is 29.8 Å². The van der Waals surface area contributed by atoms with E-state index in [4.69, 9.17) is 9.72 Å². The first kappa shape index (κ1) is 24.5. The smallest absolute Gasteiger partial charge is 0.266 e. The lowest BCUT2D eigenvalue weighted by Gasteiger charge is -2.14. The first-order valence-electron chi connectivity index (χ1n) is 11.2. The second-order valence-electron chi connectivity index (χ2n) is 8.49. The normalized spacial score (nSPS) is 11.1. The van der Waals surface area contributed by atoms with Gasteiger partial charge in [0, 0.05) is 17.9 Å². The monoisotopic (exact) mass is 491 g/mol. The van der Waals surface area contributed by atoms with Crippen LogP contribution in [0, 0.1) is 11.7 Å². The highest BCUT2D eigenvalue weighted by atomic mass is 32.2. The number of hydrogen-bond acceptors (Lipinski definition) is 5. The second kappa shape index (κ2) is 10.7. The fourth-order valence-corrected chi connectivity index (χ4v) is 4.49. The fourth-order valence-electron chi connectivity index (χ4n) is 3.54. The van der Waals surface area contributed by atoms with Gasteiger partial charge in [-0.1, -0.05) is 37.7 Å². The van der Waals surface area contributed by atoms with Gasteiger partial charge in [0.2, 0.25) is 0 Å². The number of aromatic nitrogens is 2. The van der Waals surface area contributed by atoms with Gasteiger partial charge in [-0.05, 0) is 66.1 Å². The molecule has 0 aliphatic rings. The zero-order chi connectivity index (χ0) is 24.9. The molecule has 0 saturated heterocycles. The molecular weight excluding hydrogens is 465 g/mol. The first-order valence-corrected chi connectivity index (χ1v) is 12.2. The fraction of sp³-hybridized carbons (Fsp3) is 0.222. The van der Waals surface area contributed by atoms with Gasteiger partial charge in [-0.3, -0.25) is 14.2 Å². The van der Waals surface area contributed by atoms with Crippen molar-refractivity contribution < 1.29 is 13.9 Å². The minimum Gasteiger partial charge on any atom is -0.497 e. The summed E-state index contributed by atoms with van der Waals surface area (Å²) in [6.45, 7) is 4.59. The number of benzene rings is 3. The molecule has 0 aliphatic heterocycles. The molecule has 1 heterocycles. The predicted octanol–water partition coefficient (Wildman–Crippen LogP) is 5.21. The highest BCUT2D eigenvalue weighted by molar-refractivity contribution is 7.98. The topological polar surface area (TPSA) is 73.2 Å². The average molecular weight is 492 g/mol. The van der Waals surface area contributed by atoms with Crippen LogP contribution in [-0.4, -0.2) is 29.1 Å². The van der Waals surface area contributed by atoms with E-state index in [0.29, 0.717) is 51.3 Å². The van der Waals surface area contributed by atoms with Gasteiger partial charge in [-0.25, -0.2) is 9.37 Å². The maximum absolute atomic E-state index is 13.7. The Kier molecular flexibility index (Phi) is 7.51.